The van der Waals surface area contributed by atoms with Gasteiger partial charge >= 0.3 is 26.2 Å². The number of hydrogen-bond donors (Lipinski definition) is 0. The molecule has 1 aliphatic rings. The molecule has 1 aliphatic carbocycles. The Hall–Kier alpha value is -0.747. The van der Waals surface area contributed by atoms with Gasteiger partial charge in [-0.3, -0.25) is 0 Å². The predicted octanol–water partition coefficient (Wildman–Crippen LogP) is 2.19. The molecule has 0 spiro atoms. The van der Waals surface area contributed by atoms with E-state index in [-0.39, 0.29) is 61.8 Å². The SMILES string of the molecule is CC(C)(C)c1[c-]c2c(cc1)-c1ccc(C(C)(C)C)cc1C2.CCc1ccc[c-]1CC.[Cl-].[Cl-].[Zr+4]. The van der Waals surface area contributed by atoms with Crippen molar-refractivity contribution in [3.8, 4) is 11.1 Å². The molecule has 0 fully saturated rings. The summed E-state index contributed by atoms with van der Waals surface area (Å²) in [7, 11) is 0. The summed E-state index contributed by atoms with van der Waals surface area (Å²) in [4.78, 5) is 0. The summed E-state index contributed by atoms with van der Waals surface area (Å²) in [6.45, 7) is 18.0. The van der Waals surface area contributed by atoms with Gasteiger partial charge in [0.2, 0.25) is 0 Å². The van der Waals surface area contributed by atoms with Crippen molar-refractivity contribution in [2.24, 2.45) is 0 Å². The minimum atomic E-state index is 0. The second-order valence-electron chi connectivity index (χ2n) is 10.6. The fourth-order valence-electron chi connectivity index (χ4n) is 4.21. The first-order valence-corrected chi connectivity index (χ1v) is 11.5. The molecule has 3 aromatic rings. The molecule has 0 saturated heterocycles. The van der Waals surface area contributed by atoms with Crippen LogP contribution in [0.25, 0.3) is 11.1 Å². The summed E-state index contributed by atoms with van der Waals surface area (Å²) >= 11 is 0. The molecule has 0 unspecified atom stereocenters. The normalized spacial score (nSPS) is 11.6. The molecule has 3 heteroatoms. The van der Waals surface area contributed by atoms with Crippen molar-refractivity contribution < 1.29 is 51.0 Å². The van der Waals surface area contributed by atoms with Gasteiger partial charge in [-0.05, 0) is 28.4 Å². The average Bonchev–Trinajstić information content (AvgIpc) is 3.29. The Labute approximate surface area is 234 Å². The minimum absolute atomic E-state index is 0. The molecule has 0 N–H and O–H groups in total. The Kier molecular flexibility index (Phi) is 12.5. The zero-order chi connectivity index (χ0) is 22.1. The van der Waals surface area contributed by atoms with Crippen LogP contribution >= 0.6 is 0 Å². The second-order valence-corrected chi connectivity index (χ2v) is 10.6. The number of aryl methyl sites for hydroxylation is 2. The molecule has 4 rings (SSSR count). The fourth-order valence-corrected chi connectivity index (χ4v) is 4.21. The summed E-state index contributed by atoms with van der Waals surface area (Å²) in [6.07, 6.45) is 3.38. The Balaban J connectivity index is 0.000000733. The molecule has 0 bridgehead atoms. The van der Waals surface area contributed by atoms with E-state index in [0.29, 0.717) is 0 Å². The molecule has 0 aliphatic heterocycles. The predicted molar refractivity (Wildman–Crippen MR) is 132 cm³/mol. The van der Waals surface area contributed by atoms with Crippen molar-refractivity contribution >= 4 is 0 Å². The second kappa shape index (κ2) is 12.8. The van der Waals surface area contributed by atoms with E-state index < -0.39 is 0 Å². The maximum atomic E-state index is 3.67. The van der Waals surface area contributed by atoms with Crippen molar-refractivity contribution in [3.63, 3.8) is 0 Å². The van der Waals surface area contributed by atoms with E-state index >= 15 is 0 Å². The van der Waals surface area contributed by atoms with Crippen LogP contribution in [0.4, 0.5) is 0 Å². The fraction of sp³-hybridized carbons (Fsp3) is 0.433. The zero-order valence-electron chi connectivity index (χ0n) is 21.5. The summed E-state index contributed by atoms with van der Waals surface area (Å²) in [6, 6.07) is 21.7. The van der Waals surface area contributed by atoms with Crippen LogP contribution in [-0.4, -0.2) is 0 Å². The molecule has 0 atom stereocenters. The largest absolute Gasteiger partial charge is 4.00 e. The van der Waals surface area contributed by atoms with Crippen LogP contribution in [0.2, 0.25) is 0 Å². The quantitative estimate of drug-likeness (QED) is 0.330. The van der Waals surface area contributed by atoms with Gasteiger partial charge in [0.25, 0.3) is 0 Å². The van der Waals surface area contributed by atoms with Crippen LogP contribution in [0.5, 0.6) is 0 Å². The van der Waals surface area contributed by atoms with Crippen LogP contribution < -0.4 is 24.8 Å². The van der Waals surface area contributed by atoms with E-state index in [4.69, 9.17) is 0 Å². The standard InChI is InChI=1S/C21H25.C9H13.2ClH.Zr/c1-20(2,3)16-7-9-18-14(12-16)11-15-13-17(21(4,5)6)8-10-19(15)18;1-3-8-6-5-7-9(8)4-2;;;/h7-10,12H,11H2,1-6H3;5-7H,3-4H2,1-2H3;2*1H;/q2*-1;;;+4/p-2. The third-order valence-electron chi connectivity index (χ3n) is 6.23. The van der Waals surface area contributed by atoms with Crippen LogP contribution in [0, 0.1) is 6.07 Å². The molecule has 0 saturated carbocycles. The molecule has 0 amide bonds. The van der Waals surface area contributed by atoms with Gasteiger partial charge < -0.3 is 24.8 Å². The number of halogens is 2. The van der Waals surface area contributed by atoms with E-state index in [0.717, 1.165) is 6.42 Å². The maximum Gasteiger partial charge on any atom is 4.00 e. The van der Waals surface area contributed by atoms with Gasteiger partial charge in [0.15, 0.2) is 0 Å². The maximum absolute atomic E-state index is 3.67. The van der Waals surface area contributed by atoms with Crippen molar-refractivity contribution in [1.82, 2.24) is 0 Å². The smallest absolute Gasteiger partial charge is 1.00 e. The first-order chi connectivity index (χ1) is 14.0. The van der Waals surface area contributed by atoms with Crippen LogP contribution in [0.1, 0.15) is 88.8 Å². The van der Waals surface area contributed by atoms with Gasteiger partial charge in [0, 0.05) is 0 Å². The van der Waals surface area contributed by atoms with Gasteiger partial charge in [-0.2, -0.15) is 41.0 Å². The molecule has 3 aromatic carbocycles. The molecule has 33 heavy (non-hydrogen) atoms. The third-order valence-corrected chi connectivity index (χ3v) is 6.23. The monoisotopic (exact) mass is 558 g/mol. The Bertz CT molecular complexity index is 937. The number of fused-ring (bicyclic) bond motifs is 3. The first kappa shape index (κ1) is 32.3. The van der Waals surface area contributed by atoms with Crippen LogP contribution in [0.3, 0.4) is 0 Å². The van der Waals surface area contributed by atoms with Crippen molar-refractivity contribution in [1.29, 1.82) is 0 Å². The summed E-state index contributed by atoms with van der Waals surface area (Å²) in [5.74, 6) is 0. The van der Waals surface area contributed by atoms with E-state index in [2.05, 4.69) is 110 Å². The van der Waals surface area contributed by atoms with Gasteiger partial charge in [-0.25, -0.2) is 12.1 Å². The van der Waals surface area contributed by atoms with Gasteiger partial charge in [-0.15, -0.1) is 11.1 Å². The number of hydrogen-bond acceptors (Lipinski definition) is 0. The van der Waals surface area contributed by atoms with Crippen LogP contribution in [0.15, 0.2) is 48.5 Å². The van der Waals surface area contributed by atoms with E-state index in [1.807, 2.05) is 0 Å². The zero-order valence-corrected chi connectivity index (χ0v) is 25.5. The Morgan fingerprint density at radius 2 is 1.48 bits per heavy atom. The topological polar surface area (TPSA) is 0 Å². The first-order valence-electron chi connectivity index (χ1n) is 11.5. The van der Waals surface area contributed by atoms with Crippen LogP contribution in [-0.2, 0) is 56.3 Å². The van der Waals surface area contributed by atoms with Gasteiger partial charge in [0.05, 0.1) is 0 Å². The van der Waals surface area contributed by atoms with E-state index in [1.54, 1.807) is 0 Å². The average molecular weight is 561 g/mol. The van der Waals surface area contributed by atoms with Crippen molar-refractivity contribution in [3.05, 3.63) is 88.0 Å². The Morgan fingerprint density at radius 1 is 0.848 bits per heavy atom. The Morgan fingerprint density at radius 3 is 2.00 bits per heavy atom. The third kappa shape index (κ3) is 7.62. The number of rotatable bonds is 2. The van der Waals surface area contributed by atoms with Crippen molar-refractivity contribution in [2.75, 3.05) is 0 Å². The molecule has 176 valence electrons. The van der Waals surface area contributed by atoms with E-state index in [1.165, 1.54) is 57.3 Å². The van der Waals surface area contributed by atoms with Gasteiger partial charge in [-0.1, -0.05) is 92.0 Å². The molecule has 0 aromatic heterocycles. The molecular formula is C30H38Cl2Zr. The molecule has 0 nitrogen and oxygen atoms in total. The summed E-state index contributed by atoms with van der Waals surface area (Å²) < 4.78 is 0. The molecule has 0 radical (unpaired) electrons. The number of benzene rings is 2. The summed E-state index contributed by atoms with van der Waals surface area (Å²) in [5, 5.41) is 0. The van der Waals surface area contributed by atoms with E-state index in [9.17, 15) is 0 Å². The minimum Gasteiger partial charge on any atom is -1.00 e. The molecular weight excluding hydrogens is 522 g/mol. The van der Waals surface area contributed by atoms with Gasteiger partial charge in [0.1, 0.15) is 0 Å². The summed E-state index contributed by atoms with van der Waals surface area (Å²) in [5.41, 5.74) is 11.7. The molecule has 0 heterocycles. The van der Waals surface area contributed by atoms with Crippen molar-refractivity contribution in [2.45, 2.75) is 85.5 Å².